The lowest BCUT2D eigenvalue weighted by molar-refractivity contribution is 0.673. The second kappa shape index (κ2) is 9.69. The smallest absolute Gasteiger partial charge is 0.145 e. The maximum Gasteiger partial charge on any atom is 0.145 e. The standard InChI is InChI=1S/C44H27NO/c1-2-14-27(15-3-1)28-16-4-5-18-30(28)40-31-19-6-8-21-33(31)41(34-22-9-7-20-32(34)40)37-26-36-29-17-11-13-25-39(29)46-44(36)42-35-23-10-12-24-38(35)45-43(37)42/h1-26,45H. The van der Waals surface area contributed by atoms with Crippen LogP contribution in [0, 0.1) is 0 Å². The zero-order valence-corrected chi connectivity index (χ0v) is 24.9. The lowest BCUT2D eigenvalue weighted by Gasteiger charge is -2.20. The largest absolute Gasteiger partial charge is 0.455 e. The van der Waals surface area contributed by atoms with E-state index in [1.807, 2.05) is 6.07 Å². The topological polar surface area (TPSA) is 28.9 Å². The van der Waals surface area contributed by atoms with E-state index in [2.05, 4.69) is 157 Å². The number of aromatic amines is 1. The normalized spacial score (nSPS) is 11.9. The Morgan fingerprint density at radius 2 is 0.913 bits per heavy atom. The first-order chi connectivity index (χ1) is 22.8. The Bertz CT molecular complexity index is 2740. The fourth-order valence-corrected chi connectivity index (χ4v) is 7.67. The van der Waals surface area contributed by atoms with Gasteiger partial charge in [-0.15, -0.1) is 0 Å². The molecule has 0 unspecified atom stereocenters. The van der Waals surface area contributed by atoms with Crippen molar-refractivity contribution in [3.63, 3.8) is 0 Å². The van der Waals surface area contributed by atoms with E-state index in [9.17, 15) is 0 Å². The van der Waals surface area contributed by atoms with Crippen LogP contribution in [0.25, 0.3) is 98.7 Å². The number of rotatable bonds is 3. The van der Waals surface area contributed by atoms with Gasteiger partial charge in [0, 0.05) is 27.2 Å². The van der Waals surface area contributed by atoms with Crippen LogP contribution in [-0.2, 0) is 0 Å². The molecule has 0 spiro atoms. The zero-order valence-electron chi connectivity index (χ0n) is 24.9. The Labute approximate surface area is 265 Å². The Hall–Kier alpha value is -6.12. The van der Waals surface area contributed by atoms with Crippen LogP contribution in [0.5, 0.6) is 0 Å². The van der Waals surface area contributed by atoms with E-state index >= 15 is 0 Å². The van der Waals surface area contributed by atoms with Gasteiger partial charge >= 0.3 is 0 Å². The molecule has 2 heteroatoms. The summed E-state index contributed by atoms with van der Waals surface area (Å²) in [4.78, 5) is 3.83. The van der Waals surface area contributed by atoms with E-state index < -0.39 is 0 Å². The van der Waals surface area contributed by atoms with E-state index in [0.717, 1.165) is 38.4 Å². The predicted octanol–water partition coefficient (Wildman–Crippen LogP) is 12.5. The minimum absolute atomic E-state index is 0.906. The number of nitrogens with one attached hydrogen (secondary N) is 1. The summed E-state index contributed by atoms with van der Waals surface area (Å²) < 4.78 is 6.61. The van der Waals surface area contributed by atoms with Crippen molar-refractivity contribution < 1.29 is 4.42 Å². The van der Waals surface area contributed by atoms with Crippen molar-refractivity contribution in [1.82, 2.24) is 4.98 Å². The van der Waals surface area contributed by atoms with Gasteiger partial charge in [0.25, 0.3) is 0 Å². The molecule has 10 rings (SSSR count). The first kappa shape index (κ1) is 25.2. The van der Waals surface area contributed by atoms with Gasteiger partial charge in [-0.3, -0.25) is 0 Å². The lowest BCUT2D eigenvalue weighted by Crippen LogP contribution is -1.93. The summed E-state index contributed by atoms with van der Waals surface area (Å²) in [6.45, 7) is 0. The fourth-order valence-electron chi connectivity index (χ4n) is 7.67. The van der Waals surface area contributed by atoms with Gasteiger partial charge in [-0.1, -0.05) is 140 Å². The van der Waals surface area contributed by atoms with Crippen LogP contribution in [-0.4, -0.2) is 4.98 Å². The van der Waals surface area contributed by atoms with Gasteiger partial charge in [0.05, 0.1) is 10.9 Å². The summed E-state index contributed by atoms with van der Waals surface area (Å²) in [7, 11) is 0. The molecule has 0 radical (unpaired) electrons. The second-order valence-electron chi connectivity index (χ2n) is 12.1. The number of fused-ring (bicyclic) bond motifs is 9. The number of para-hydroxylation sites is 2. The molecule has 0 bridgehead atoms. The third-order valence-electron chi connectivity index (χ3n) is 9.61. The first-order valence-corrected chi connectivity index (χ1v) is 15.8. The number of benzene rings is 8. The average molecular weight is 586 g/mol. The molecule has 0 aliphatic heterocycles. The molecule has 2 heterocycles. The number of hydrogen-bond donors (Lipinski definition) is 1. The van der Waals surface area contributed by atoms with Crippen LogP contribution >= 0.6 is 0 Å². The summed E-state index contributed by atoms with van der Waals surface area (Å²) >= 11 is 0. The summed E-state index contributed by atoms with van der Waals surface area (Å²) in [6, 6.07) is 56.7. The van der Waals surface area contributed by atoms with E-state index in [0.29, 0.717) is 0 Å². The maximum absolute atomic E-state index is 6.61. The van der Waals surface area contributed by atoms with Crippen molar-refractivity contribution in [3.8, 4) is 33.4 Å². The van der Waals surface area contributed by atoms with Gasteiger partial charge < -0.3 is 9.40 Å². The molecule has 2 aromatic heterocycles. The Balaban J connectivity index is 1.40. The van der Waals surface area contributed by atoms with Crippen molar-refractivity contribution in [1.29, 1.82) is 0 Å². The second-order valence-corrected chi connectivity index (χ2v) is 12.1. The van der Waals surface area contributed by atoms with Crippen molar-refractivity contribution in [3.05, 3.63) is 158 Å². The van der Waals surface area contributed by atoms with Gasteiger partial charge in [-0.25, -0.2) is 0 Å². The molecule has 0 saturated heterocycles. The molecular formula is C44H27NO. The minimum atomic E-state index is 0.906. The highest BCUT2D eigenvalue weighted by molar-refractivity contribution is 6.30. The third-order valence-corrected chi connectivity index (χ3v) is 9.61. The molecule has 214 valence electrons. The van der Waals surface area contributed by atoms with Gasteiger partial charge in [-0.2, -0.15) is 0 Å². The van der Waals surface area contributed by atoms with Crippen LogP contribution in [0.1, 0.15) is 0 Å². The van der Waals surface area contributed by atoms with Crippen LogP contribution < -0.4 is 0 Å². The van der Waals surface area contributed by atoms with Crippen LogP contribution in [0.15, 0.2) is 162 Å². The third kappa shape index (κ3) is 3.53. The van der Waals surface area contributed by atoms with Gasteiger partial charge in [0.2, 0.25) is 0 Å². The van der Waals surface area contributed by atoms with E-state index in [1.54, 1.807) is 0 Å². The van der Waals surface area contributed by atoms with Crippen molar-refractivity contribution in [2.24, 2.45) is 0 Å². The number of aromatic nitrogens is 1. The minimum Gasteiger partial charge on any atom is -0.455 e. The average Bonchev–Trinajstić information content (AvgIpc) is 3.69. The van der Waals surface area contributed by atoms with Gasteiger partial charge in [0.15, 0.2) is 0 Å². The monoisotopic (exact) mass is 585 g/mol. The molecule has 46 heavy (non-hydrogen) atoms. The van der Waals surface area contributed by atoms with Crippen molar-refractivity contribution >= 4 is 65.3 Å². The van der Waals surface area contributed by atoms with E-state index in [-0.39, 0.29) is 0 Å². The molecule has 0 aliphatic carbocycles. The van der Waals surface area contributed by atoms with Gasteiger partial charge in [0.1, 0.15) is 11.2 Å². The Morgan fingerprint density at radius 1 is 0.391 bits per heavy atom. The SMILES string of the molecule is c1ccc(-c2ccccc2-c2c3ccccc3c(-c3cc4c5ccccc5oc4c4c3[nH]c3ccccc34)c3ccccc23)cc1. The molecule has 0 amide bonds. The Kier molecular flexibility index (Phi) is 5.31. The quantitative estimate of drug-likeness (QED) is 0.205. The first-order valence-electron chi connectivity index (χ1n) is 15.8. The highest BCUT2D eigenvalue weighted by Crippen LogP contribution is 2.49. The van der Waals surface area contributed by atoms with Crippen LogP contribution in [0.4, 0.5) is 0 Å². The van der Waals surface area contributed by atoms with Crippen LogP contribution in [0.2, 0.25) is 0 Å². The van der Waals surface area contributed by atoms with E-state index in [1.165, 1.54) is 60.3 Å². The highest BCUT2D eigenvalue weighted by atomic mass is 16.3. The highest BCUT2D eigenvalue weighted by Gasteiger charge is 2.23. The molecular weight excluding hydrogens is 558 g/mol. The maximum atomic E-state index is 6.61. The van der Waals surface area contributed by atoms with E-state index in [4.69, 9.17) is 4.42 Å². The molecule has 0 fully saturated rings. The van der Waals surface area contributed by atoms with Gasteiger partial charge in [-0.05, 0) is 67.6 Å². The molecule has 10 aromatic rings. The Morgan fingerprint density at radius 3 is 1.61 bits per heavy atom. The number of H-pyrrole nitrogens is 1. The predicted molar refractivity (Wildman–Crippen MR) is 194 cm³/mol. The molecule has 0 saturated carbocycles. The summed E-state index contributed by atoms with van der Waals surface area (Å²) in [6.07, 6.45) is 0. The number of furan rings is 1. The molecule has 1 N–H and O–H groups in total. The zero-order chi connectivity index (χ0) is 30.2. The van der Waals surface area contributed by atoms with Crippen molar-refractivity contribution in [2.45, 2.75) is 0 Å². The molecule has 0 atom stereocenters. The lowest BCUT2D eigenvalue weighted by atomic mass is 9.83. The molecule has 2 nitrogen and oxygen atoms in total. The molecule has 8 aromatic carbocycles. The summed E-state index contributed by atoms with van der Waals surface area (Å²) in [5.41, 5.74) is 11.4. The fraction of sp³-hybridized carbons (Fsp3) is 0. The summed E-state index contributed by atoms with van der Waals surface area (Å²) in [5, 5.41) is 9.50. The van der Waals surface area contributed by atoms with Crippen molar-refractivity contribution in [2.75, 3.05) is 0 Å². The van der Waals surface area contributed by atoms with Crippen LogP contribution in [0.3, 0.4) is 0 Å². The molecule has 0 aliphatic rings. The number of hydrogen-bond acceptors (Lipinski definition) is 1. The summed E-state index contributed by atoms with van der Waals surface area (Å²) in [5.74, 6) is 0.